The molecule has 1 atom stereocenters. The molecule has 3 N–H and O–H groups in total. The molecule has 1 saturated heterocycles. The zero-order valence-electron chi connectivity index (χ0n) is 16.2. The van der Waals surface area contributed by atoms with Crippen molar-refractivity contribution in [3.05, 3.63) is 47.7 Å². The Morgan fingerprint density at radius 3 is 2.43 bits per heavy atom. The number of anilines is 3. The van der Waals surface area contributed by atoms with Crippen molar-refractivity contribution >= 4 is 40.2 Å². The molecule has 0 bridgehead atoms. The molecule has 11 heteroatoms. The van der Waals surface area contributed by atoms with Crippen molar-refractivity contribution in [3.63, 3.8) is 0 Å². The molecule has 1 aliphatic rings. The van der Waals surface area contributed by atoms with E-state index in [0.29, 0.717) is 13.1 Å². The Hall–Kier alpha value is -2.92. The first-order chi connectivity index (χ1) is 14.3. The second-order valence-electron chi connectivity index (χ2n) is 6.75. The lowest BCUT2D eigenvalue weighted by Crippen LogP contribution is -2.34. The quantitative estimate of drug-likeness (QED) is 0.476. The molecule has 1 aromatic heterocycles. The number of nitrogens with zero attached hydrogens (tertiary/aromatic N) is 2. The third-order valence-electron chi connectivity index (χ3n) is 4.45. The third-order valence-corrected chi connectivity index (χ3v) is 5.80. The molecule has 2 aromatic rings. The summed E-state index contributed by atoms with van der Waals surface area (Å²) in [5, 5.41) is 4.82. The molecule has 8 nitrogen and oxygen atoms in total. The van der Waals surface area contributed by atoms with Gasteiger partial charge in [-0.1, -0.05) is 10.6 Å². The number of hydrogen-bond donors (Lipinski definition) is 3. The minimum Gasteiger partial charge on any atom is -0.320 e. The number of aromatic nitrogens is 1. The maximum absolute atomic E-state index is 14.8. The first kappa shape index (κ1) is 21.8. The Morgan fingerprint density at radius 1 is 1.07 bits per heavy atom. The van der Waals surface area contributed by atoms with E-state index < -0.39 is 34.3 Å². The van der Waals surface area contributed by atoms with Crippen molar-refractivity contribution in [2.75, 3.05) is 28.4 Å². The number of benzene rings is 1. The molecule has 0 spiro atoms. The molecular formula is C19H22F2N5O3S+. The van der Waals surface area contributed by atoms with Crippen LogP contribution in [0.25, 0.3) is 0 Å². The summed E-state index contributed by atoms with van der Waals surface area (Å²) in [5.41, 5.74) is -0.828. The van der Waals surface area contributed by atoms with E-state index in [4.69, 9.17) is 0 Å². The van der Waals surface area contributed by atoms with Gasteiger partial charge in [0, 0.05) is 20.0 Å². The highest BCUT2D eigenvalue weighted by Gasteiger charge is 2.26. The summed E-state index contributed by atoms with van der Waals surface area (Å²) in [7, 11) is 0. The lowest BCUT2D eigenvalue weighted by atomic mass is 10.1. The van der Waals surface area contributed by atoms with Crippen LogP contribution >= 0.6 is 0 Å². The molecular weight excluding hydrogens is 416 g/mol. The van der Waals surface area contributed by atoms with Crippen molar-refractivity contribution in [3.8, 4) is 0 Å². The predicted molar refractivity (Wildman–Crippen MR) is 111 cm³/mol. The summed E-state index contributed by atoms with van der Waals surface area (Å²) < 4.78 is 45.8. The van der Waals surface area contributed by atoms with Gasteiger partial charge < -0.3 is 10.6 Å². The summed E-state index contributed by atoms with van der Waals surface area (Å²) in [6.45, 7) is 2.57. The zero-order chi connectivity index (χ0) is 21.7. The fourth-order valence-corrected chi connectivity index (χ4v) is 4.16. The number of nitrogens with one attached hydrogen (secondary N) is 3. The molecule has 1 aliphatic heterocycles. The predicted octanol–water partition coefficient (Wildman–Crippen LogP) is 2.99. The van der Waals surface area contributed by atoms with Gasteiger partial charge in [-0.05, 0) is 37.1 Å². The van der Waals surface area contributed by atoms with Crippen LogP contribution in [0, 0.1) is 11.6 Å². The molecule has 0 radical (unpaired) electrons. The van der Waals surface area contributed by atoms with Gasteiger partial charge in [-0.3, -0.25) is 9.59 Å². The van der Waals surface area contributed by atoms with E-state index in [0.717, 1.165) is 31.4 Å². The first-order valence-corrected chi connectivity index (χ1v) is 10.6. The molecule has 0 saturated carbocycles. The van der Waals surface area contributed by atoms with Crippen LogP contribution in [-0.2, 0) is 20.2 Å². The average molecular weight is 438 g/mol. The molecule has 30 heavy (non-hydrogen) atoms. The van der Waals surface area contributed by atoms with E-state index in [-0.39, 0.29) is 23.1 Å². The van der Waals surface area contributed by atoms with Gasteiger partial charge in [-0.2, -0.15) is 4.72 Å². The van der Waals surface area contributed by atoms with E-state index in [9.17, 15) is 22.6 Å². The maximum Gasteiger partial charge on any atom is 0.261 e. The van der Waals surface area contributed by atoms with E-state index in [1.807, 2.05) is 0 Å². The van der Waals surface area contributed by atoms with Crippen LogP contribution < -0.4 is 15.4 Å². The third kappa shape index (κ3) is 5.36. The van der Waals surface area contributed by atoms with E-state index >= 15 is 0 Å². The Labute approximate surface area is 174 Å². The normalized spacial score (nSPS) is 15.3. The summed E-state index contributed by atoms with van der Waals surface area (Å²) in [5.74, 6) is -3.24. The Kier molecular flexibility index (Phi) is 7.06. The smallest absolute Gasteiger partial charge is 0.261 e. The van der Waals surface area contributed by atoms with Crippen molar-refractivity contribution < 1.29 is 22.6 Å². The lowest BCUT2D eigenvalue weighted by Gasteiger charge is -2.20. The molecule has 160 valence electrons. The van der Waals surface area contributed by atoms with E-state index in [2.05, 4.69) is 20.3 Å². The van der Waals surface area contributed by atoms with E-state index in [1.165, 1.54) is 25.3 Å². The van der Waals surface area contributed by atoms with Gasteiger partial charge in [0.2, 0.25) is 17.1 Å². The number of piperidine rings is 1. The van der Waals surface area contributed by atoms with Crippen LogP contribution in [0.4, 0.5) is 26.0 Å². The Balaban J connectivity index is 1.74. The molecule has 1 aromatic carbocycles. The minimum absolute atomic E-state index is 0.186. The molecule has 1 fully saturated rings. The Morgan fingerprint density at radius 2 is 1.80 bits per heavy atom. The highest BCUT2D eigenvalue weighted by molar-refractivity contribution is 7.83. The van der Waals surface area contributed by atoms with Gasteiger partial charge >= 0.3 is 0 Å². The molecule has 2 heterocycles. The van der Waals surface area contributed by atoms with Crippen LogP contribution in [0.1, 0.15) is 36.5 Å². The van der Waals surface area contributed by atoms with Crippen molar-refractivity contribution in [2.45, 2.75) is 26.2 Å². The second kappa shape index (κ2) is 9.72. The van der Waals surface area contributed by atoms with Crippen LogP contribution in [0.3, 0.4) is 0 Å². The highest BCUT2D eigenvalue weighted by atomic mass is 32.2. The van der Waals surface area contributed by atoms with Gasteiger partial charge in [0.25, 0.3) is 5.91 Å². The summed E-state index contributed by atoms with van der Waals surface area (Å²) >= 11 is -2.10. The van der Waals surface area contributed by atoms with Crippen LogP contribution in [0.5, 0.6) is 0 Å². The van der Waals surface area contributed by atoms with Gasteiger partial charge in [0.1, 0.15) is 22.9 Å². The van der Waals surface area contributed by atoms with Gasteiger partial charge in [-0.15, -0.1) is 4.31 Å². The lowest BCUT2D eigenvalue weighted by molar-refractivity contribution is -0.114. The number of hydrogen-bond acceptors (Lipinski definition) is 4. The van der Waals surface area contributed by atoms with Gasteiger partial charge in [-0.25, -0.2) is 13.8 Å². The summed E-state index contributed by atoms with van der Waals surface area (Å²) in [6, 6.07) is 4.92. The van der Waals surface area contributed by atoms with Crippen LogP contribution in [0.2, 0.25) is 0 Å². The van der Waals surface area contributed by atoms with Gasteiger partial charge in [0.05, 0.1) is 11.9 Å². The largest absolute Gasteiger partial charge is 0.320 e. The minimum atomic E-state index is -2.10. The molecule has 2 amide bonds. The average Bonchev–Trinajstić information content (AvgIpc) is 2.72. The number of carbonyl (C=O) groups is 2. The standard InChI is InChI=1S/C19H21F2N5O3S/c1-12(27)23-16-8-5-13(11-22-16)24-19(28)17-14(20)6-7-15(18(17)21)25-30(29)26-9-3-2-4-10-26/h5-8,11H,2-4,9-10H2,1H3,(H,24,28)(H,25,29)(H,22,23,27)/p+1. The van der Waals surface area contributed by atoms with Gasteiger partial charge in [0.15, 0.2) is 5.82 Å². The number of rotatable bonds is 6. The monoisotopic (exact) mass is 438 g/mol. The van der Waals surface area contributed by atoms with Crippen LogP contribution in [0.15, 0.2) is 30.5 Å². The molecule has 3 rings (SSSR count). The summed E-state index contributed by atoms with van der Waals surface area (Å²) in [6.07, 6.45) is 4.10. The number of pyridine rings is 1. The fourth-order valence-electron chi connectivity index (χ4n) is 3.00. The SMILES string of the molecule is CC(=O)Nc1ccc(NC(=O)c2c(F)ccc(N[SH+](=O)N3CCCCC3)c2F)cn1. The number of thiol groups is 1. The molecule has 0 aliphatic carbocycles. The van der Waals surface area contributed by atoms with Crippen molar-refractivity contribution in [1.82, 2.24) is 9.29 Å². The Bertz CT molecular complexity index is 965. The number of amides is 2. The zero-order valence-corrected chi connectivity index (χ0v) is 17.1. The number of halogens is 2. The number of carbonyl (C=O) groups excluding carboxylic acids is 2. The topological polar surface area (TPSA) is 103 Å². The van der Waals surface area contributed by atoms with Crippen molar-refractivity contribution in [2.24, 2.45) is 0 Å². The van der Waals surface area contributed by atoms with Crippen LogP contribution in [-0.4, -0.2) is 34.2 Å². The maximum atomic E-state index is 14.8. The fraction of sp³-hybridized carbons (Fsp3) is 0.316. The highest BCUT2D eigenvalue weighted by Crippen LogP contribution is 2.24. The van der Waals surface area contributed by atoms with Crippen molar-refractivity contribution in [1.29, 1.82) is 0 Å². The first-order valence-electron chi connectivity index (χ1n) is 9.37. The van der Waals surface area contributed by atoms with E-state index in [1.54, 1.807) is 4.31 Å². The second-order valence-corrected chi connectivity index (χ2v) is 8.09. The summed E-state index contributed by atoms with van der Waals surface area (Å²) in [4.78, 5) is 27.4. The molecule has 1 unspecified atom stereocenters.